The van der Waals surface area contributed by atoms with Gasteiger partial charge in [0.15, 0.2) is 0 Å². The fourth-order valence-electron chi connectivity index (χ4n) is 1.37. The van der Waals surface area contributed by atoms with Gasteiger partial charge in [0.25, 0.3) is 0 Å². The average Bonchev–Trinajstić information content (AvgIpc) is 2.40. The van der Waals surface area contributed by atoms with Crippen LogP contribution in [0.1, 0.15) is 18.5 Å². The van der Waals surface area contributed by atoms with E-state index in [1.165, 1.54) is 6.08 Å². The summed E-state index contributed by atoms with van der Waals surface area (Å²) in [5, 5.41) is 12.3. The Morgan fingerprint density at radius 1 is 1.42 bits per heavy atom. The van der Waals surface area contributed by atoms with E-state index in [2.05, 4.69) is 5.32 Å². The first kappa shape index (κ1) is 15.3. The normalized spacial score (nSPS) is 12.5. The number of hydrogen-bond donors (Lipinski definition) is 1. The number of carbonyl (C=O) groups excluding carboxylic acids is 1. The molecule has 98 valence electrons. The van der Waals surface area contributed by atoms with E-state index in [0.29, 0.717) is 10.6 Å². The Kier molecular flexibility index (Phi) is 6.14. The maximum atomic E-state index is 11.6. The minimum absolute atomic E-state index is 0.272. The summed E-state index contributed by atoms with van der Waals surface area (Å²) in [4.78, 5) is 11.6. The molecule has 19 heavy (non-hydrogen) atoms. The lowest BCUT2D eigenvalue weighted by atomic mass is 10.1. The molecule has 1 aromatic carbocycles. The second kappa shape index (κ2) is 7.63. The zero-order valence-electron chi connectivity index (χ0n) is 10.2. The summed E-state index contributed by atoms with van der Waals surface area (Å²) >= 11 is 11.9. The predicted octanol–water partition coefficient (Wildman–Crippen LogP) is 3.81. The van der Waals surface area contributed by atoms with Gasteiger partial charge in [-0.15, -0.1) is 0 Å². The summed E-state index contributed by atoms with van der Waals surface area (Å²) in [6.45, 7) is 1.84. The van der Waals surface area contributed by atoms with Crippen LogP contribution < -0.4 is 5.32 Å². The molecule has 0 saturated heterocycles. The molecule has 0 bridgehead atoms. The van der Waals surface area contributed by atoms with Crippen LogP contribution in [0.15, 0.2) is 42.5 Å². The molecule has 0 aliphatic carbocycles. The summed E-state index contributed by atoms with van der Waals surface area (Å²) in [6, 6.07) is 6.09. The molecule has 0 saturated carbocycles. The number of amides is 1. The van der Waals surface area contributed by atoms with E-state index in [9.17, 15) is 4.79 Å². The predicted molar refractivity (Wildman–Crippen MR) is 76.9 cm³/mol. The lowest BCUT2D eigenvalue weighted by Gasteiger charge is -2.12. The first-order valence-corrected chi connectivity index (χ1v) is 6.29. The number of nitrogens with zero attached hydrogens (tertiary/aromatic N) is 1. The number of hydrogen-bond acceptors (Lipinski definition) is 2. The van der Waals surface area contributed by atoms with Crippen LogP contribution in [0.3, 0.4) is 0 Å². The van der Waals surface area contributed by atoms with Gasteiger partial charge in [0.05, 0.1) is 16.1 Å². The van der Waals surface area contributed by atoms with Gasteiger partial charge in [-0.05, 0) is 13.0 Å². The van der Waals surface area contributed by atoms with Crippen molar-refractivity contribution < 1.29 is 4.79 Å². The largest absolute Gasteiger partial charge is 0.333 e. The molecule has 0 aliphatic rings. The van der Waals surface area contributed by atoms with E-state index in [1.54, 1.807) is 36.4 Å². The van der Waals surface area contributed by atoms with Crippen LogP contribution in [-0.2, 0) is 4.79 Å². The fourth-order valence-corrected chi connectivity index (χ4v) is 1.78. The van der Waals surface area contributed by atoms with Crippen LogP contribution in [0.4, 0.5) is 0 Å². The van der Waals surface area contributed by atoms with Gasteiger partial charge in [0.2, 0.25) is 5.91 Å². The van der Waals surface area contributed by atoms with Crippen LogP contribution in [0, 0.1) is 11.3 Å². The Labute approximate surface area is 122 Å². The highest BCUT2D eigenvalue weighted by Gasteiger charge is 2.16. The maximum Gasteiger partial charge on any atom is 0.245 e. The molecule has 1 atom stereocenters. The van der Waals surface area contributed by atoms with E-state index in [-0.39, 0.29) is 10.9 Å². The van der Waals surface area contributed by atoms with Gasteiger partial charge in [-0.1, -0.05) is 53.6 Å². The van der Waals surface area contributed by atoms with E-state index >= 15 is 0 Å². The molecule has 0 fully saturated rings. The Hall–Kier alpha value is -1.76. The molecule has 1 unspecified atom stereocenters. The number of rotatable bonds is 4. The highest BCUT2D eigenvalue weighted by Crippen LogP contribution is 2.29. The van der Waals surface area contributed by atoms with E-state index in [0.717, 1.165) is 0 Å². The number of nitriles is 1. The van der Waals surface area contributed by atoms with Gasteiger partial charge in [-0.3, -0.25) is 4.79 Å². The molecule has 1 amide bonds. The second-order valence-electron chi connectivity index (χ2n) is 3.60. The molecule has 3 nitrogen and oxygen atoms in total. The lowest BCUT2D eigenvalue weighted by Crippen LogP contribution is -2.26. The van der Waals surface area contributed by atoms with Crippen LogP contribution >= 0.6 is 23.2 Å². The van der Waals surface area contributed by atoms with Gasteiger partial charge in [-0.25, -0.2) is 0 Å². The van der Waals surface area contributed by atoms with Crippen molar-refractivity contribution in [3.05, 3.63) is 58.1 Å². The standard InChI is InChI=1S/C14H12Cl2N2O/c1-2-3-4-8-13(19)18-12(9-17)10-6-5-7-11(15)14(10)16/h2-8,12H,1H3,(H,18,19). The van der Waals surface area contributed by atoms with Crippen molar-refractivity contribution in [3.8, 4) is 6.07 Å². The first-order chi connectivity index (χ1) is 9.10. The summed E-state index contributed by atoms with van der Waals surface area (Å²) in [7, 11) is 0. The number of nitrogens with one attached hydrogen (secondary N) is 1. The van der Waals surface area contributed by atoms with Crippen molar-refractivity contribution in [2.75, 3.05) is 0 Å². The Morgan fingerprint density at radius 2 is 2.16 bits per heavy atom. The van der Waals surface area contributed by atoms with Crippen LogP contribution in [0.5, 0.6) is 0 Å². The van der Waals surface area contributed by atoms with E-state index < -0.39 is 6.04 Å². The van der Waals surface area contributed by atoms with Gasteiger partial charge < -0.3 is 5.32 Å². The Morgan fingerprint density at radius 3 is 2.79 bits per heavy atom. The number of allylic oxidation sites excluding steroid dienone is 3. The van der Waals surface area contributed by atoms with Gasteiger partial charge in [0, 0.05) is 11.6 Å². The van der Waals surface area contributed by atoms with Gasteiger partial charge >= 0.3 is 0 Å². The van der Waals surface area contributed by atoms with Crippen molar-refractivity contribution in [1.29, 1.82) is 5.26 Å². The SMILES string of the molecule is CC=CC=CC(=O)NC(C#N)c1cccc(Cl)c1Cl. The number of halogens is 2. The topological polar surface area (TPSA) is 52.9 Å². The van der Waals surface area contributed by atoms with Gasteiger partial charge in [-0.2, -0.15) is 5.26 Å². The second-order valence-corrected chi connectivity index (χ2v) is 4.38. The molecule has 1 rings (SSSR count). The van der Waals surface area contributed by atoms with Crippen molar-refractivity contribution in [2.45, 2.75) is 13.0 Å². The minimum atomic E-state index is -0.839. The molecule has 1 aromatic rings. The highest BCUT2D eigenvalue weighted by molar-refractivity contribution is 6.42. The molecule has 0 heterocycles. The van der Waals surface area contributed by atoms with Crippen molar-refractivity contribution in [3.63, 3.8) is 0 Å². The monoisotopic (exact) mass is 294 g/mol. The molecular formula is C14H12Cl2N2O. The molecule has 0 aliphatic heterocycles. The fraction of sp³-hybridized carbons (Fsp3) is 0.143. The zero-order chi connectivity index (χ0) is 14.3. The molecule has 5 heteroatoms. The number of benzene rings is 1. The van der Waals surface area contributed by atoms with E-state index in [1.807, 2.05) is 13.0 Å². The van der Waals surface area contributed by atoms with E-state index in [4.69, 9.17) is 28.5 Å². The third-order valence-electron chi connectivity index (χ3n) is 2.26. The zero-order valence-corrected chi connectivity index (χ0v) is 11.7. The maximum absolute atomic E-state index is 11.6. The third-order valence-corrected chi connectivity index (χ3v) is 3.09. The molecule has 0 spiro atoms. The third kappa shape index (κ3) is 4.44. The first-order valence-electron chi connectivity index (χ1n) is 5.53. The summed E-state index contributed by atoms with van der Waals surface area (Å²) in [6.07, 6.45) is 6.43. The summed E-state index contributed by atoms with van der Waals surface area (Å²) in [5.74, 6) is -0.374. The molecule has 0 radical (unpaired) electrons. The Balaban J connectivity index is 2.88. The lowest BCUT2D eigenvalue weighted by molar-refractivity contribution is -0.116. The molecule has 1 N–H and O–H groups in total. The van der Waals surface area contributed by atoms with Crippen LogP contribution in [0.25, 0.3) is 0 Å². The van der Waals surface area contributed by atoms with Crippen LogP contribution in [0.2, 0.25) is 10.0 Å². The van der Waals surface area contributed by atoms with Crippen molar-refractivity contribution in [2.24, 2.45) is 0 Å². The van der Waals surface area contributed by atoms with Gasteiger partial charge in [0.1, 0.15) is 6.04 Å². The van der Waals surface area contributed by atoms with Crippen molar-refractivity contribution in [1.82, 2.24) is 5.32 Å². The summed E-state index contributed by atoms with van der Waals surface area (Å²) in [5.41, 5.74) is 0.476. The molecular weight excluding hydrogens is 283 g/mol. The molecule has 0 aromatic heterocycles. The van der Waals surface area contributed by atoms with Crippen LogP contribution in [-0.4, -0.2) is 5.91 Å². The Bertz CT molecular complexity index is 559. The van der Waals surface area contributed by atoms with Crippen molar-refractivity contribution >= 4 is 29.1 Å². The minimum Gasteiger partial charge on any atom is -0.333 e. The average molecular weight is 295 g/mol. The quantitative estimate of drug-likeness (QED) is 0.678. The summed E-state index contributed by atoms with van der Waals surface area (Å²) < 4.78 is 0. The number of carbonyl (C=O) groups is 1. The highest BCUT2D eigenvalue weighted by atomic mass is 35.5. The smallest absolute Gasteiger partial charge is 0.245 e.